The summed E-state index contributed by atoms with van der Waals surface area (Å²) in [4.78, 5) is 11.1. The number of ether oxygens (including phenoxy) is 1. The Balaban J connectivity index is 2.00. The molecule has 1 unspecified atom stereocenters. The number of rotatable bonds is 3. The Hall–Kier alpha value is -1.99. The van der Waals surface area contributed by atoms with Crippen LogP contribution >= 0.6 is 0 Å². The number of hydrogen-bond donors (Lipinski definition) is 1. The van der Waals surface area contributed by atoms with Gasteiger partial charge in [-0.1, -0.05) is 24.3 Å². The molecule has 1 amide bonds. The molecule has 4 heteroatoms. The molecule has 0 bridgehead atoms. The van der Waals surface area contributed by atoms with E-state index in [1.165, 1.54) is 26.2 Å². The van der Waals surface area contributed by atoms with Crippen molar-refractivity contribution in [1.82, 2.24) is 5.06 Å². The highest BCUT2D eigenvalue weighted by Gasteiger charge is 2.14. The maximum absolute atomic E-state index is 11.1. The molecular weight excluding hydrogens is 278 g/mol. The van der Waals surface area contributed by atoms with E-state index in [9.17, 15) is 10.0 Å². The van der Waals surface area contributed by atoms with Gasteiger partial charge < -0.3 is 4.74 Å². The van der Waals surface area contributed by atoms with Crippen LogP contribution < -0.4 is 4.74 Å². The summed E-state index contributed by atoms with van der Waals surface area (Å²) in [6.45, 7) is 2.98. The summed E-state index contributed by atoms with van der Waals surface area (Å²) in [7, 11) is 0. The van der Waals surface area contributed by atoms with Gasteiger partial charge in [0.2, 0.25) is 5.91 Å². The molecule has 0 spiro atoms. The van der Waals surface area contributed by atoms with E-state index in [4.69, 9.17) is 4.74 Å². The van der Waals surface area contributed by atoms with Crippen LogP contribution in [0.25, 0.3) is 0 Å². The molecule has 1 aromatic carbocycles. The lowest BCUT2D eigenvalue weighted by molar-refractivity contribution is -0.166. The zero-order valence-electron chi connectivity index (χ0n) is 13.2. The average molecular weight is 301 g/mol. The van der Waals surface area contributed by atoms with Crippen LogP contribution in [0.4, 0.5) is 0 Å². The summed E-state index contributed by atoms with van der Waals surface area (Å²) >= 11 is 0. The molecule has 1 saturated carbocycles. The molecule has 0 aliphatic heterocycles. The van der Waals surface area contributed by atoms with Crippen molar-refractivity contribution in [2.45, 2.75) is 58.1 Å². The predicted molar refractivity (Wildman–Crippen MR) is 84.6 cm³/mol. The first-order valence-electron chi connectivity index (χ1n) is 7.83. The van der Waals surface area contributed by atoms with Gasteiger partial charge in [-0.3, -0.25) is 10.0 Å². The molecule has 1 atom stereocenters. The molecule has 0 aromatic heterocycles. The number of benzene rings is 1. The van der Waals surface area contributed by atoms with Gasteiger partial charge >= 0.3 is 0 Å². The summed E-state index contributed by atoms with van der Waals surface area (Å²) in [6, 6.07) is 7.11. The summed E-state index contributed by atoms with van der Waals surface area (Å²) in [5, 5.41) is 10.1. The topological polar surface area (TPSA) is 49.8 Å². The Morgan fingerprint density at radius 2 is 2.09 bits per heavy atom. The third-order valence-corrected chi connectivity index (χ3v) is 3.80. The minimum atomic E-state index is -0.541. The zero-order chi connectivity index (χ0) is 15.9. The van der Waals surface area contributed by atoms with Crippen molar-refractivity contribution in [3.8, 4) is 17.6 Å². The lowest BCUT2D eigenvalue weighted by Crippen LogP contribution is -2.32. The van der Waals surface area contributed by atoms with Gasteiger partial charge in [0.25, 0.3) is 0 Å². The van der Waals surface area contributed by atoms with Crippen molar-refractivity contribution in [2.75, 3.05) is 0 Å². The Labute approximate surface area is 132 Å². The van der Waals surface area contributed by atoms with E-state index in [2.05, 4.69) is 11.8 Å². The molecular formula is C18H23NO3. The Kier molecular flexibility index (Phi) is 5.85. The summed E-state index contributed by atoms with van der Waals surface area (Å²) < 4.78 is 6.01. The predicted octanol–water partition coefficient (Wildman–Crippen LogP) is 3.38. The van der Waals surface area contributed by atoms with E-state index >= 15 is 0 Å². The minimum Gasteiger partial charge on any atom is -0.490 e. The van der Waals surface area contributed by atoms with Gasteiger partial charge in [-0.2, -0.15) is 0 Å². The van der Waals surface area contributed by atoms with E-state index in [0.717, 1.165) is 24.2 Å². The number of carbonyl (C=O) groups excluding carboxylic acids is 1. The van der Waals surface area contributed by atoms with E-state index in [-0.39, 0.29) is 0 Å². The fraction of sp³-hybridized carbons (Fsp3) is 0.500. The van der Waals surface area contributed by atoms with Crippen LogP contribution in [0.15, 0.2) is 24.3 Å². The zero-order valence-corrected chi connectivity index (χ0v) is 13.2. The highest BCUT2D eigenvalue weighted by atomic mass is 16.5. The van der Waals surface area contributed by atoms with Gasteiger partial charge in [-0.15, -0.1) is 0 Å². The Morgan fingerprint density at radius 1 is 1.36 bits per heavy atom. The molecule has 0 saturated heterocycles. The van der Waals surface area contributed by atoms with E-state index < -0.39 is 11.9 Å². The molecule has 1 aliphatic carbocycles. The van der Waals surface area contributed by atoms with Crippen molar-refractivity contribution in [3.63, 3.8) is 0 Å². The van der Waals surface area contributed by atoms with E-state index in [1.807, 2.05) is 24.3 Å². The first kappa shape index (κ1) is 16.4. The highest BCUT2D eigenvalue weighted by molar-refractivity contribution is 5.72. The second-order valence-corrected chi connectivity index (χ2v) is 5.71. The third-order valence-electron chi connectivity index (χ3n) is 3.80. The van der Waals surface area contributed by atoms with Gasteiger partial charge in [0.05, 0.1) is 6.10 Å². The van der Waals surface area contributed by atoms with E-state index in [1.54, 1.807) is 6.92 Å². The largest absolute Gasteiger partial charge is 0.490 e. The molecule has 1 N–H and O–H groups in total. The third kappa shape index (κ3) is 4.78. The highest BCUT2D eigenvalue weighted by Crippen LogP contribution is 2.23. The molecule has 0 radical (unpaired) electrons. The summed E-state index contributed by atoms with van der Waals surface area (Å²) in [5.41, 5.74) is 0.817. The lowest BCUT2D eigenvalue weighted by atomic mass is 9.98. The first-order chi connectivity index (χ1) is 10.6. The molecule has 4 nitrogen and oxygen atoms in total. The quantitative estimate of drug-likeness (QED) is 0.529. The van der Waals surface area contributed by atoms with Crippen LogP contribution in [0.3, 0.4) is 0 Å². The Morgan fingerprint density at radius 3 is 2.77 bits per heavy atom. The van der Waals surface area contributed by atoms with Crippen molar-refractivity contribution >= 4 is 5.91 Å². The number of nitrogens with zero attached hydrogens (tertiary/aromatic N) is 1. The molecule has 22 heavy (non-hydrogen) atoms. The summed E-state index contributed by atoms with van der Waals surface area (Å²) in [5.74, 6) is 6.25. The van der Waals surface area contributed by atoms with Gasteiger partial charge in [0.1, 0.15) is 11.8 Å². The molecule has 0 heterocycles. The molecule has 118 valence electrons. The molecule has 2 rings (SSSR count). The number of carbonyl (C=O) groups is 1. The number of amides is 1. The van der Waals surface area contributed by atoms with Crippen LogP contribution in [-0.2, 0) is 4.79 Å². The number of hydrogen-bond acceptors (Lipinski definition) is 3. The smallest absolute Gasteiger partial charge is 0.243 e. The van der Waals surface area contributed by atoms with Crippen LogP contribution in [-0.4, -0.2) is 28.3 Å². The SMILES string of the molecule is CC(=O)N(O)C(C)C#Cc1cccc(OC2CCCCC2)c1. The van der Waals surface area contributed by atoms with Crippen molar-refractivity contribution in [1.29, 1.82) is 0 Å². The maximum atomic E-state index is 11.1. The fourth-order valence-electron chi connectivity index (χ4n) is 2.54. The van der Waals surface area contributed by atoms with Crippen molar-refractivity contribution in [2.24, 2.45) is 0 Å². The van der Waals surface area contributed by atoms with Crippen molar-refractivity contribution in [3.05, 3.63) is 29.8 Å². The molecule has 1 aliphatic rings. The Bertz CT molecular complexity index is 567. The minimum absolute atomic E-state index is 0.307. The second-order valence-electron chi connectivity index (χ2n) is 5.71. The lowest BCUT2D eigenvalue weighted by Gasteiger charge is -2.23. The monoisotopic (exact) mass is 301 g/mol. The average Bonchev–Trinajstić information content (AvgIpc) is 2.53. The van der Waals surface area contributed by atoms with Crippen LogP contribution in [0.2, 0.25) is 0 Å². The van der Waals surface area contributed by atoms with Gasteiger partial charge in [0.15, 0.2) is 0 Å². The van der Waals surface area contributed by atoms with Crippen LogP contribution in [0, 0.1) is 11.8 Å². The van der Waals surface area contributed by atoms with Crippen molar-refractivity contribution < 1.29 is 14.7 Å². The molecule has 1 fully saturated rings. The van der Waals surface area contributed by atoms with Crippen LogP contribution in [0.5, 0.6) is 5.75 Å². The number of hydroxylamine groups is 2. The maximum Gasteiger partial charge on any atom is 0.243 e. The first-order valence-corrected chi connectivity index (χ1v) is 7.83. The summed E-state index contributed by atoms with van der Waals surface area (Å²) in [6.07, 6.45) is 6.31. The van der Waals surface area contributed by atoms with Gasteiger partial charge in [-0.05, 0) is 50.8 Å². The van der Waals surface area contributed by atoms with Gasteiger partial charge in [0, 0.05) is 12.5 Å². The molecule has 1 aromatic rings. The standard InChI is InChI=1S/C18H23NO3/c1-14(19(21)15(2)20)11-12-16-7-6-10-18(13-16)22-17-8-4-3-5-9-17/h6-7,10,13-14,17,21H,3-5,8-9H2,1-2H3. The van der Waals surface area contributed by atoms with Crippen LogP contribution in [0.1, 0.15) is 51.5 Å². The van der Waals surface area contributed by atoms with Gasteiger partial charge in [-0.25, -0.2) is 5.06 Å². The normalized spacial score (nSPS) is 16.3. The van der Waals surface area contributed by atoms with E-state index in [0.29, 0.717) is 11.2 Å². The fourth-order valence-corrected chi connectivity index (χ4v) is 2.54. The second kappa shape index (κ2) is 7.86.